The van der Waals surface area contributed by atoms with Gasteiger partial charge in [-0.15, -0.1) is 0 Å². The second-order valence-corrected chi connectivity index (χ2v) is 4.08. The van der Waals surface area contributed by atoms with Crippen molar-refractivity contribution in [3.05, 3.63) is 18.2 Å². The molecule has 5 heteroatoms. The Labute approximate surface area is 113 Å². The first-order valence-corrected chi connectivity index (χ1v) is 6.44. The van der Waals surface area contributed by atoms with Crippen LogP contribution in [0.4, 0.5) is 5.69 Å². The maximum atomic E-state index is 10.4. The van der Waals surface area contributed by atoms with Crippen molar-refractivity contribution in [3.8, 4) is 11.5 Å². The van der Waals surface area contributed by atoms with Crippen LogP contribution in [0.15, 0.2) is 18.2 Å². The van der Waals surface area contributed by atoms with E-state index in [9.17, 15) is 4.79 Å². The van der Waals surface area contributed by atoms with Gasteiger partial charge >= 0.3 is 5.97 Å². The number of hydrogen-bond acceptors (Lipinski definition) is 4. The van der Waals surface area contributed by atoms with Crippen molar-refractivity contribution < 1.29 is 19.4 Å². The molecule has 1 aromatic carbocycles. The summed E-state index contributed by atoms with van der Waals surface area (Å²) >= 11 is 0. The van der Waals surface area contributed by atoms with Crippen molar-refractivity contribution in [2.24, 2.45) is 0 Å². The summed E-state index contributed by atoms with van der Waals surface area (Å²) in [5.74, 6) is 0.668. The first kappa shape index (κ1) is 15.1. The lowest BCUT2D eigenvalue weighted by atomic mass is 10.2. The summed E-state index contributed by atoms with van der Waals surface area (Å²) in [5.41, 5.74) is 0.940. The van der Waals surface area contributed by atoms with Crippen LogP contribution < -0.4 is 14.8 Å². The van der Waals surface area contributed by atoms with Gasteiger partial charge in [0.25, 0.3) is 0 Å². The molecule has 0 saturated heterocycles. The van der Waals surface area contributed by atoms with Crippen LogP contribution in [0, 0.1) is 0 Å². The van der Waals surface area contributed by atoms with Crippen LogP contribution in [0.1, 0.15) is 26.2 Å². The van der Waals surface area contributed by atoms with Crippen LogP contribution in [0.2, 0.25) is 0 Å². The van der Waals surface area contributed by atoms with E-state index in [0.29, 0.717) is 18.8 Å². The molecule has 0 aliphatic heterocycles. The van der Waals surface area contributed by atoms with Gasteiger partial charge in [-0.2, -0.15) is 0 Å². The predicted molar refractivity (Wildman–Crippen MR) is 74.1 cm³/mol. The highest BCUT2D eigenvalue weighted by atomic mass is 16.5. The Morgan fingerprint density at radius 2 is 2.11 bits per heavy atom. The van der Waals surface area contributed by atoms with E-state index < -0.39 is 5.97 Å². The average Bonchev–Trinajstić information content (AvgIpc) is 2.39. The molecule has 0 atom stereocenters. The molecule has 0 amide bonds. The monoisotopic (exact) mass is 267 g/mol. The maximum absolute atomic E-state index is 10.4. The number of unbranched alkanes of at least 4 members (excludes halogenated alkanes) is 1. The van der Waals surface area contributed by atoms with E-state index in [2.05, 4.69) is 5.32 Å². The Kier molecular flexibility index (Phi) is 6.57. The number of methoxy groups -OCH3 is 1. The Balaban J connectivity index is 2.43. The molecule has 0 saturated carbocycles. The summed E-state index contributed by atoms with van der Waals surface area (Å²) in [7, 11) is 1.61. The molecule has 0 fully saturated rings. The van der Waals surface area contributed by atoms with E-state index in [-0.39, 0.29) is 6.42 Å². The zero-order valence-electron chi connectivity index (χ0n) is 11.4. The number of carboxylic acid groups (broad SMARTS) is 1. The number of ether oxygens (including phenoxy) is 2. The van der Waals surface area contributed by atoms with E-state index in [0.717, 1.165) is 24.4 Å². The molecule has 0 radical (unpaired) electrons. The Hall–Kier alpha value is -1.91. The Morgan fingerprint density at radius 3 is 2.74 bits per heavy atom. The fraction of sp³-hybridized carbons (Fsp3) is 0.500. The lowest BCUT2D eigenvalue weighted by Crippen LogP contribution is -2.04. The highest BCUT2D eigenvalue weighted by Crippen LogP contribution is 2.30. The van der Waals surface area contributed by atoms with Crippen molar-refractivity contribution in [1.82, 2.24) is 0 Å². The molecule has 0 heterocycles. The molecule has 0 spiro atoms. The first-order valence-electron chi connectivity index (χ1n) is 6.44. The second-order valence-electron chi connectivity index (χ2n) is 4.08. The van der Waals surface area contributed by atoms with Gasteiger partial charge in [-0.25, -0.2) is 0 Å². The third-order valence-electron chi connectivity index (χ3n) is 2.61. The number of nitrogens with one attached hydrogen (secondary N) is 1. The molecule has 1 rings (SSSR count). The van der Waals surface area contributed by atoms with Crippen molar-refractivity contribution in [2.45, 2.75) is 26.2 Å². The van der Waals surface area contributed by atoms with Crippen LogP contribution in [-0.2, 0) is 4.79 Å². The second kappa shape index (κ2) is 8.24. The lowest BCUT2D eigenvalue weighted by molar-refractivity contribution is -0.137. The average molecular weight is 267 g/mol. The highest BCUT2D eigenvalue weighted by molar-refractivity contribution is 5.66. The van der Waals surface area contributed by atoms with E-state index in [4.69, 9.17) is 14.6 Å². The van der Waals surface area contributed by atoms with Gasteiger partial charge in [0, 0.05) is 24.7 Å². The zero-order valence-corrected chi connectivity index (χ0v) is 11.4. The molecule has 0 unspecified atom stereocenters. The van der Waals surface area contributed by atoms with Crippen molar-refractivity contribution >= 4 is 11.7 Å². The summed E-state index contributed by atoms with van der Waals surface area (Å²) < 4.78 is 10.7. The molecular formula is C14H21NO4. The fourth-order valence-corrected chi connectivity index (χ4v) is 1.69. The van der Waals surface area contributed by atoms with E-state index in [1.54, 1.807) is 7.11 Å². The summed E-state index contributed by atoms with van der Waals surface area (Å²) in [4.78, 5) is 10.4. The van der Waals surface area contributed by atoms with Crippen LogP contribution in [0.3, 0.4) is 0 Å². The minimum atomic E-state index is -0.747. The highest BCUT2D eigenvalue weighted by Gasteiger charge is 2.04. The van der Waals surface area contributed by atoms with Gasteiger partial charge in [-0.1, -0.05) is 0 Å². The quantitative estimate of drug-likeness (QED) is 0.673. The third-order valence-corrected chi connectivity index (χ3v) is 2.61. The predicted octanol–water partition coefficient (Wildman–Crippen LogP) is 2.76. The van der Waals surface area contributed by atoms with E-state index >= 15 is 0 Å². The Morgan fingerprint density at radius 1 is 1.32 bits per heavy atom. The molecule has 0 bridgehead atoms. The number of carbonyl (C=O) groups is 1. The fourth-order valence-electron chi connectivity index (χ4n) is 1.69. The molecule has 1 aromatic rings. The van der Waals surface area contributed by atoms with Crippen LogP contribution in [0.5, 0.6) is 11.5 Å². The third kappa shape index (κ3) is 5.50. The number of carboxylic acids is 1. The van der Waals surface area contributed by atoms with Gasteiger partial charge in [-0.05, 0) is 31.9 Å². The number of benzene rings is 1. The van der Waals surface area contributed by atoms with Crippen molar-refractivity contribution in [3.63, 3.8) is 0 Å². The van der Waals surface area contributed by atoms with Crippen LogP contribution >= 0.6 is 0 Å². The number of hydrogen-bond donors (Lipinski definition) is 2. The van der Waals surface area contributed by atoms with Gasteiger partial charge < -0.3 is 19.9 Å². The number of anilines is 1. The maximum Gasteiger partial charge on any atom is 0.303 e. The van der Waals surface area contributed by atoms with Gasteiger partial charge in [0.05, 0.1) is 13.7 Å². The van der Waals surface area contributed by atoms with Gasteiger partial charge in [0.2, 0.25) is 0 Å². The minimum absolute atomic E-state index is 0.217. The smallest absolute Gasteiger partial charge is 0.303 e. The lowest BCUT2D eigenvalue weighted by Gasteiger charge is -2.12. The normalized spacial score (nSPS) is 10.0. The summed E-state index contributed by atoms with van der Waals surface area (Å²) in [6.45, 7) is 3.26. The zero-order chi connectivity index (χ0) is 14.1. The largest absolute Gasteiger partial charge is 0.493 e. The van der Waals surface area contributed by atoms with E-state index in [1.807, 2.05) is 25.1 Å². The summed E-state index contributed by atoms with van der Waals surface area (Å²) in [5, 5.41) is 11.8. The molecule has 2 N–H and O–H groups in total. The minimum Gasteiger partial charge on any atom is -0.493 e. The van der Waals surface area contributed by atoms with E-state index in [1.165, 1.54) is 0 Å². The van der Waals surface area contributed by atoms with Gasteiger partial charge in [-0.3, -0.25) is 4.79 Å². The molecule has 0 aliphatic rings. The standard InChI is InChI=1S/C14H21NO4/c1-3-19-12-8-7-11(10-13(12)18-2)15-9-5-4-6-14(16)17/h7-8,10,15H,3-6,9H2,1-2H3,(H,16,17). The van der Waals surface area contributed by atoms with Crippen LogP contribution in [-0.4, -0.2) is 31.3 Å². The molecular weight excluding hydrogens is 246 g/mol. The van der Waals surface area contributed by atoms with Crippen molar-refractivity contribution in [1.29, 1.82) is 0 Å². The molecule has 5 nitrogen and oxygen atoms in total. The number of rotatable bonds is 9. The van der Waals surface area contributed by atoms with Crippen molar-refractivity contribution in [2.75, 3.05) is 25.6 Å². The SMILES string of the molecule is CCOc1ccc(NCCCCC(=O)O)cc1OC. The van der Waals surface area contributed by atoms with Gasteiger partial charge in [0.15, 0.2) is 11.5 Å². The molecule has 0 aromatic heterocycles. The summed E-state index contributed by atoms with van der Waals surface area (Å²) in [6, 6.07) is 5.66. The number of aliphatic carboxylic acids is 1. The molecule has 19 heavy (non-hydrogen) atoms. The molecule has 0 aliphatic carbocycles. The molecule has 106 valence electrons. The van der Waals surface area contributed by atoms with Gasteiger partial charge in [0.1, 0.15) is 0 Å². The topological polar surface area (TPSA) is 67.8 Å². The van der Waals surface area contributed by atoms with Crippen LogP contribution in [0.25, 0.3) is 0 Å². The summed E-state index contributed by atoms with van der Waals surface area (Å²) in [6.07, 6.45) is 1.71. The first-order chi connectivity index (χ1) is 9.17. The Bertz CT molecular complexity index is 406.